The summed E-state index contributed by atoms with van der Waals surface area (Å²) in [5.74, 6) is -0.850. The van der Waals surface area contributed by atoms with Gasteiger partial charge in [-0.1, -0.05) is 6.07 Å². The molecule has 1 rings (SSSR count). The first-order chi connectivity index (χ1) is 6.56. The molecule has 0 aliphatic rings. The highest BCUT2D eigenvalue weighted by molar-refractivity contribution is 5.71. The SMILES string of the molecule is Cc1c(C#N)ccc(CC(=O)O)c1C. The van der Waals surface area contributed by atoms with E-state index in [-0.39, 0.29) is 6.42 Å². The zero-order valence-corrected chi connectivity index (χ0v) is 8.16. The maximum atomic E-state index is 10.5. The lowest BCUT2D eigenvalue weighted by Crippen LogP contribution is -2.03. The van der Waals surface area contributed by atoms with Crippen LogP contribution in [-0.4, -0.2) is 11.1 Å². The number of aliphatic carboxylic acids is 1. The number of hydrogen-bond acceptors (Lipinski definition) is 2. The summed E-state index contributed by atoms with van der Waals surface area (Å²) >= 11 is 0. The van der Waals surface area contributed by atoms with Gasteiger partial charge in [0.05, 0.1) is 18.1 Å². The van der Waals surface area contributed by atoms with Crippen molar-refractivity contribution >= 4 is 5.97 Å². The Labute approximate surface area is 82.6 Å². The van der Waals surface area contributed by atoms with Crippen molar-refractivity contribution in [1.29, 1.82) is 5.26 Å². The van der Waals surface area contributed by atoms with Gasteiger partial charge in [-0.2, -0.15) is 5.26 Å². The molecular weight excluding hydrogens is 178 g/mol. The maximum Gasteiger partial charge on any atom is 0.307 e. The van der Waals surface area contributed by atoms with E-state index in [1.54, 1.807) is 12.1 Å². The fraction of sp³-hybridized carbons (Fsp3) is 0.273. The van der Waals surface area contributed by atoms with Crippen molar-refractivity contribution in [2.75, 3.05) is 0 Å². The summed E-state index contributed by atoms with van der Waals surface area (Å²) in [5, 5.41) is 17.4. The molecule has 72 valence electrons. The average Bonchev–Trinajstić information content (AvgIpc) is 2.13. The summed E-state index contributed by atoms with van der Waals surface area (Å²) in [6.45, 7) is 3.67. The van der Waals surface area contributed by atoms with E-state index in [0.717, 1.165) is 16.7 Å². The van der Waals surface area contributed by atoms with Gasteiger partial charge in [0.2, 0.25) is 0 Å². The van der Waals surface area contributed by atoms with Gasteiger partial charge in [0.25, 0.3) is 0 Å². The molecule has 1 aromatic rings. The third-order valence-electron chi connectivity index (χ3n) is 2.36. The van der Waals surface area contributed by atoms with E-state index in [1.807, 2.05) is 13.8 Å². The number of nitriles is 1. The van der Waals surface area contributed by atoms with Gasteiger partial charge in [-0.15, -0.1) is 0 Å². The van der Waals surface area contributed by atoms with E-state index in [2.05, 4.69) is 6.07 Å². The van der Waals surface area contributed by atoms with E-state index >= 15 is 0 Å². The highest BCUT2D eigenvalue weighted by Crippen LogP contribution is 2.17. The zero-order chi connectivity index (χ0) is 10.7. The second kappa shape index (κ2) is 3.93. The van der Waals surface area contributed by atoms with Crippen molar-refractivity contribution in [2.45, 2.75) is 20.3 Å². The third kappa shape index (κ3) is 1.91. The van der Waals surface area contributed by atoms with Crippen LogP contribution in [0.3, 0.4) is 0 Å². The minimum Gasteiger partial charge on any atom is -0.481 e. The smallest absolute Gasteiger partial charge is 0.307 e. The van der Waals surface area contributed by atoms with Crippen LogP contribution in [0.4, 0.5) is 0 Å². The first-order valence-corrected chi connectivity index (χ1v) is 4.27. The number of rotatable bonds is 2. The van der Waals surface area contributed by atoms with Gasteiger partial charge in [-0.25, -0.2) is 0 Å². The van der Waals surface area contributed by atoms with Crippen molar-refractivity contribution in [1.82, 2.24) is 0 Å². The molecule has 0 bridgehead atoms. The standard InChI is InChI=1S/C11H11NO2/c1-7-8(2)10(6-12)4-3-9(7)5-11(13)14/h3-4H,5H2,1-2H3,(H,13,14). The molecule has 0 aliphatic heterocycles. The van der Waals surface area contributed by atoms with Crippen molar-refractivity contribution in [3.8, 4) is 6.07 Å². The number of nitrogens with zero attached hydrogens (tertiary/aromatic N) is 1. The average molecular weight is 189 g/mol. The number of carbonyl (C=O) groups is 1. The summed E-state index contributed by atoms with van der Waals surface area (Å²) in [6.07, 6.45) is 0.0123. The minimum absolute atomic E-state index is 0.0123. The molecule has 1 aromatic carbocycles. The van der Waals surface area contributed by atoms with Gasteiger partial charge in [0, 0.05) is 0 Å². The maximum absolute atomic E-state index is 10.5. The lowest BCUT2D eigenvalue weighted by atomic mass is 9.97. The molecule has 0 aliphatic carbocycles. The summed E-state index contributed by atoms with van der Waals surface area (Å²) in [5.41, 5.74) is 3.14. The van der Waals surface area contributed by atoms with E-state index < -0.39 is 5.97 Å². The normalized spacial score (nSPS) is 9.50. The highest BCUT2D eigenvalue weighted by atomic mass is 16.4. The van der Waals surface area contributed by atoms with E-state index in [4.69, 9.17) is 10.4 Å². The van der Waals surface area contributed by atoms with Crippen LogP contribution in [0.2, 0.25) is 0 Å². The van der Waals surface area contributed by atoms with Crippen LogP contribution < -0.4 is 0 Å². The van der Waals surface area contributed by atoms with Gasteiger partial charge < -0.3 is 5.11 Å². The molecule has 0 heterocycles. The Bertz CT molecular complexity index is 416. The highest BCUT2D eigenvalue weighted by Gasteiger charge is 2.08. The van der Waals surface area contributed by atoms with E-state index in [1.165, 1.54) is 0 Å². The molecule has 0 atom stereocenters. The fourth-order valence-electron chi connectivity index (χ4n) is 1.35. The van der Waals surface area contributed by atoms with Crippen LogP contribution in [0, 0.1) is 25.2 Å². The minimum atomic E-state index is -0.850. The molecule has 0 unspecified atom stereocenters. The molecule has 0 saturated heterocycles. The fourth-order valence-corrected chi connectivity index (χ4v) is 1.35. The monoisotopic (exact) mass is 189 g/mol. The Morgan fingerprint density at radius 2 is 2.07 bits per heavy atom. The van der Waals surface area contributed by atoms with Gasteiger partial charge in [0.15, 0.2) is 0 Å². The summed E-state index contributed by atoms with van der Waals surface area (Å²) in [6, 6.07) is 5.44. The van der Waals surface area contributed by atoms with Crippen molar-refractivity contribution in [3.63, 3.8) is 0 Å². The van der Waals surface area contributed by atoms with Crippen LogP contribution in [-0.2, 0) is 11.2 Å². The van der Waals surface area contributed by atoms with Crippen LogP contribution in [0.25, 0.3) is 0 Å². The van der Waals surface area contributed by atoms with Crippen LogP contribution >= 0.6 is 0 Å². The Balaban J connectivity index is 3.18. The lowest BCUT2D eigenvalue weighted by Gasteiger charge is -2.07. The van der Waals surface area contributed by atoms with Gasteiger partial charge in [-0.05, 0) is 36.6 Å². The first kappa shape index (κ1) is 10.3. The summed E-state index contributed by atoms with van der Waals surface area (Å²) in [4.78, 5) is 10.5. The number of carboxylic acids is 1. The summed E-state index contributed by atoms with van der Waals surface area (Å²) < 4.78 is 0. The van der Waals surface area contributed by atoms with Crippen LogP contribution in [0.15, 0.2) is 12.1 Å². The molecule has 0 amide bonds. The second-order valence-corrected chi connectivity index (χ2v) is 3.20. The molecule has 1 N–H and O–H groups in total. The molecule has 3 heteroatoms. The Kier molecular flexibility index (Phi) is 2.88. The lowest BCUT2D eigenvalue weighted by molar-refractivity contribution is -0.136. The molecule has 0 fully saturated rings. The molecule has 0 spiro atoms. The van der Waals surface area contributed by atoms with Gasteiger partial charge in [0.1, 0.15) is 0 Å². The Morgan fingerprint density at radius 1 is 1.43 bits per heavy atom. The molecular formula is C11H11NO2. The van der Waals surface area contributed by atoms with Crippen LogP contribution in [0.1, 0.15) is 22.3 Å². The molecule has 0 saturated carbocycles. The number of hydrogen-bond donors (Lipinski definition) is 1. The van der Waals surface area contributed by atoms with E-state index in [0.29, 0.717) is 5.56 Å². The van der Waals surface area contributed by atoms with Crippen molar-refractivity contribution < 1.29 is 9.90 Å². The van der Waals surface area contributed by atoms with Crippen molar-refractivity contribution in [2.24, 2.45) is 0 Å². The van der Waals surface area contributed by atoms with Gasteiger partial charge in [-0.3, -0.25) is 4.79 Å². The predicted molar refractivity (Wildman–Crippen MR) is 52.0 cm³/mol. The first-order valence-electron chi connectivity index (χ1n) is 4.27. The second-order valence-electron chi connectivity index (χ2n) is 3.20. The van der Waals surface area contributed by atoms with Crippen LogP contribution in [0.5, 0.6) is 0 Å². The van der Waals surface area contributed by atoms with Gasteiger partial charge >= 0.3 is 5.97 Å². The molecule has 14 heavy (non-hydrogen) atoms. The third-order valence-corrected chi connectivity index (χ3v) is 2.36. The largest absolute Gasteiger partial charge is 0.481 e. The predicted octanol–water partition coefficient (Wildman–Crippen LogP) is 1.80. The Hall–Kier alpha value is -1.82. The topological polar surface area (TPSA) is 61.1 Å². The molecule has 0 aromatic heterocycles. The number of carboxylic acid groups (broad SMARTS) is 1. The number of benzene rings is 1. The van der Waals surface area contributed by atoms with Crippen molar-refractivity contribution in [3.05, 3.63) is 34.4 Å². The molecule has 3 nitrogen and oxygen atoms in total. The Morgan fingerprint density at radius 3 is 2.57 bits per heavy atom. The van der Waals surface area contributed by atoms with E-state index in [9.17, 15) is 4.79 Å². The molecule has 0 radical (unpaired) electrons. The zero-order valence-electron chi connectivity index (χ0n) is 8.16. The summed E-state index contributed by atoms with van der Waals surface area (Å²) in [7, 11) is 0. The quantitative estimate of drug-likeness (QED) is 0.771.